The lowest BCUT2D eigenvalue weighted by molar-refractivity contribution is -0.130. The van der Waals surface area contributed by atoms with Gasteiger partial charge in [0, 0.05) is 39.3 Å². The first-order valence-corrected chi connectivity index (χ1v) is 8.48. The number of carbonyl (C=O) groups is 4. The third-order valence-corrected chi connectivity index (χ3v) is 3.56. The van der Waals surface area contributed by atoms with Crippen molar-refractivity contribution in [3.63, 3.8) is 0 Å². The van der Waals surface area contributed by atoms with Crippen LogP contribution in [0.15, 0.2) is 50.6 Å². The second-order valence-electron chi connectivity index (χ2n) is 5.40. The van der Waals surface area contributed by atoms with E-state index in [1.165, 1.54) is 28.0 Å². The maximum absolute atomic E-state index is 12.0. The second-order valence-corrected chi connectivity index (χ2v) is 5.40. The lowest BCUT2D eigenvalue weighted by atomic mass is 10.3. The van der Waals surface area contributed by atoms with Crippen molar-refractivity contribution in [1.29, 1.82) is 0 Å². The van der Waals surface area contributed by atoms with Gasteiger partial charge in [0.2, 0.25) is 17.7 Å². The summed E-state index contributed by atoms with van der Waals surface area (Å²) in [7, 11) is 0. The second kappa shape index (κ2) is 14.2. The number of nitrogens with one attached hydrogen (secondary N) is 2. The van der Waals surface area contributed by atoms with Crippen molar-refractivity contribution in [3.05, 3.63) is 50.6 Å². The van der Waals surface area contributed by atoms with Crippen LogP contribution in [0.3, 0.4) is 0 Å². The Morgan fingerprint density at radius 3 is 1.67 bits per heavy atom. The summed E-state index contributed by atoms with van der Waals surface area (Å²) in [5, 5.41) is 5.51. The van der Waals surface area contributed by atoms with Crippen LogP contribution in [0, 0.1) is 0 Å². The molecule has 27 heavy (non-hydrogen) atoms. The Bertz CT molecular complexity index is 586. The van der Waals surface area contributed by atoms with Crippen molar-refractivity contribution >= 4 is 23.5 Å². The largest absolute Gasteiger partial charge is 0.351 e. The van der Waals surface area contributed by atoms with Crippen molar-refractivity contribution in [2.45, 2.75) is 0 Å². The minimum atomic E-state index is -0.329. The summed E-state index contributed by atoms with van der Waals surface area (Å²) >= 11 is 0. The molecule has 0 aliphatic carbocycles. The first-order chi connectivity index (χ1) is 12.9. The zero-order chi connectivity index (χ0) is 20.7. The molecule has 0 aromatic carbocycles. The quantitative estimate of drug-likeness (QED) is 0.301. The molecule has 8 heteroatoms. The Morgan fingerprint density at radius 2 is 1.22 bits per heavy atom. The number of nitrogens with zero attached hydrogens (tertiary/aromatic N) is 2. The SMILES string of the molecule is C=CC(=O)CNCCN(CCN(CCNC(=O)C=C)C(=O)C=C)C(=O)C=C. The van der Waals surface area contributed by atoms with Gasteiger partial charge in [0.1, 0.15) is 0 Å². The van der Waals surface area contributed by atoms with Crippen LogP contribution in [0.25, 0.3) is 0 Å². The van der Waals surface area contributed by atoms with Crippen LogP contribution in [-0.2, 0) is 19.2 Å². The highest BCUT2D eigenvalue weighted by Gasteiger charge is 2.15. The van der Waals surface area contributed by atoms with Gasteiger partial charge in [0.25, 0.3) is 0 Å². The van der Waals surface area contributed by atoms with Gasteiger partial charge >= 0.3 is 0 Å². The molecule has 0 rings (SSSR count). The van der Waals surface area contributed by atoms with Crippen LogP contribution >= 0.6 is 0 Å². The lowest BCUT2D eigenvalue weighted by Gasteiger charge is -2.27. The zero-order valence-electron chi connectivity index (χ0n) is 15.6. The molecule has 0 heterocycles. The molecule has 2 N–H and O–H groups in total. The van der Waals surface area contributed by atoms with E-state index in [0.29, 0.717) is 13.1 Å². The number of rotatable bonds is 15. The van der Waals surface area contributed by atoms with Crippen LogP contribution in [0.1, 0.15) is 0 Å². The van der Waals surface area contributed by atoms with Crippen molar-refractivity contribution in [2.24, 2.45) is 0 Å². The number of hydrogen-bond donors (Lipinski definition) is 2. The van der Waals surface area contributed by atoms with Gasteiger partial charge in [-0.3, -0.25) is 19.2 Å². The maximum atomic E-state index is 12.0. The molecule has 0 aromatic heterocycles. The summed E-state index contributed by atoms with van der Waals surface area (Å²) in [6.45, 7) is 15.6. The van der Waals surface area contributed by atoms with Gasteiger partial charge in [-0.2, -0.15) is 0 Å². The fourth-order valence-corrected chi connectivity index (χ4v) is 2.05. The first-order valence-electron chi connectivity index (χ1n) is 8.48. The van der Waals surface area contributed by atoms with E-state index in [0.717, 1.165) is 6.08 Å². The molecule has 0 aliphatic heterocycles. The molecule has 3 amide bonds. The molecule has 0 fully saturated rings. The third kappa shape index (κ3) is 10.6. The molecular formula is C19H28N4O4. The van der Waals surface area contributed by atoms with Crippen LogP contribution < -0.4 is 10.6 Å². The van der Waals surface area contributed by atoms with Gasteiger partial charge in [0.05, 0.1) is 6.54 Å². The monoisotopic (exact) mass is 376 g/mol. The van der Waals surface area contributed by atoms with Crippen LogP contribution in [0.4, 0.5) is 0 Å². The fourth-order valence-electron chi connectivity index (χ4n) is 2.05. The fraction of sp³-hybridized carbons (Fsp3) is 0.368. The highest BCUT2D eigenvalue weighted by molar-refractivity contribution is 5.91. The topological polar surface area (TPSA) is 98.8 Å². The van der Waals surface area contributed by atoms with Crippen molar-refractivity contribution in [3.8, 4) is 0 Å². The molecule has 0 radical (unpaired) electrons. The van der Waals surface area contributed by atoms with E-state index in [1.54, 1.807) is 0 Å². The summed E-state index contributed by atoms with van der Waals surface area (Å²) in [6.07, 6.45) is 4.74. The van der Waals surface area contributed by atoms with E-state index >= 15 is 0 Å². The molecule has 148 valence electrons. The van der Waals surface area contributed by atoms with Gasteiger partial charge in [-0.05, 0) is 24.3 Å². The Balaban J connectivity index is 4.65. The standard InChI is InChI=1S/C19H28N4O4/c1-5-16(24)15-20-9-11-22(18(26)7-3)13-14-23(19(27)8-4)12-10-21-17(25)6-2/h5-8,20H,1-4,9-15H2,(H,21,25). The van der Waals surface area contributed by atoms with Crippen LogP contribution in [0.2, 0.25) is 0 Å². The number of amides is 3. The molecular weight excluding hydrogens is 348 g/mol. The molecule has 0 aliphatic rings. The molecule has 0 aromatic rings. The first kappa shape index (κ1) is 24.0. The Kier molecular flexibility index (Phi) is 12.6. The van der Waals surface area contributed by atoms with E-state index in [9.17, 15) is 19.2 Å². The summed E-state index contributed by atoms with van der Waals surface area (Å²) in [5.41, 5.74) is 0. The van der Waals surface area contributed by atoms with E-state index in [4.69, 9.17) is 0 Å². The van der Waals surface area contributed by atoms with Gasteiger partial charge in [-0.15, -0.1) is 0 Å². The predicted octanol–water partition coefficient (Wildman–Crippen LogP) is -0.337. The predicted molar refractivity (Wildman–Crippen MR) is 105 cm³/mol. The highest BCUT2D eigenvalue weighted by atomic mass is 16.2. The van der Waals surface area contributed by atoms with Crippen molar-refractivity contribution in [1.82, 2.24) is 20.4 Å². The van der Waals surface area contributed by atoms with E-state index in [-0.39, 0.29) is 56.2 Å². The van der Waals surface area contributed by atoms with E-state index in [2.05, 4.69) is 36.9 Å². The zero-order valence-corrected chi connectivity index (χ0v) is 15.6. The molecule has 0 atom stereocenters. The van der Waals surface area contributed by atoms with Crippen molar-refractivity contribution in [2.75, 3.05) is 45.8 Å². The Hall–Kier alpha value is -3.00. The maximum Gasteiger partial charge on any atom is 0.246 e. The summed E-state index contributed by atoms with van der Waals surface area (Å²) in [6, 6.07) is 0. The van der Waals surface area contributed by atoms with Crippen LogP contribution in [0.5, 0.6) is 0 Å². The third-order valence-electron chi connectivity index (χ3n) is 3.56. The van der Waals surface area contributed by atoms with E-state index < -0.39 is 0 Å². The lowest BCUT2D eigenvalue weighted by Crippen LogP contribution is -2.44. The summed E-state index contributed by atoms with van der Waals surface area (Å²) in [4.78, 5) is 49.3. The molecule has 8 nitrogen and oxygen atoms in total. The number of hydrogen-bond acceptors (Lipinski definition) is 5. The normalized spacial score (nSPS) is 9.63. The minimum absolute atomic E-state index is 0.138. The van der Waals surface area contributed by atoms with Crippen molar-refractivity contribution < 1.29 is 19.2 Å². The minimum Gasteiger partial charge on any atom is -0.351 e. The average Bonchev–Trinajstić information content (AvgIpc) is 2.69. The van der Waals surface area contributed by atoms with Gasteiger partial charge in [0.15, 0.2) is 5.78 Å². The summed E-state index contributed by atoms with van der Waals surface area (Å²) < 4.78 is 0. The Labute approximate surface area is 160 Å². The van der Waals surface area contributed by atoms with Gasteiger partial charge < -0.3 is 20.4 Å². The molecule has 0 saturated carbocycles. The molecule has 0 saturated heterocycles. The molecule has 0 spiro atoms. The van der Waals surface area contributed by atoms with Gasteiger partial charge in [-0.25, -0.2) is 0 Å². The highest BCUT2D eigenvalue weighted by Crippen LogP contribution is 1.96. The number of carbonyl (C=O) groups excluding carboxylic acids is 4. The number of ketones is 1. The average molecular weight is 376 g/mol. The summed E-state index contributed by atoms with van der Waals surface area (Å²) in [5.74, 6) is -1.05. The Morgan fingerprint density at radius 1 is 0.704 bits per heavy atom. The van der Waals surface area contributed by atoms with Crippen LogP contribution in [-0.4, -0.2) is 79.1 Å². The van der Waals surface area contributed by atoms with E-state index in [1.807, 2.05) is 0 Å². The molecule has 0 unspecified atom stereocenters. The van der Waals surface area contributed by atoms with Gasteiger partial charge in [-0.1, -0.05) is 26.3 Å². The molecule has 0 bridgehead atoms. The smallest absolute Gasteiger partial charge is 0.246 e.